The summed E-state index contributed by atoms with van der Waals surface area (Å²) in [4.78, 5) is 0. The zero-order chi connectivity index (χ0) is 15.7. The van der Waals surface area contributed by atoms with Gasteiger partial charge in [-0.15, -0.1) is 0 Å². The molecule has 0 fully saturated rings. The van der Waals surface area contributed by atoms with Gasteiger partial charge in [0, 0.05) is 16.1 Å². The van der Waals surface area contributed by atoms with Crippen LogP contribution in [0.5, 0.6) is 17.2 Å². The van der Waals surface area contributed by atoms with Crippen molar-refractivity contribution in [2.75, 3.05) is 7.11 Å². The van der Waals surface area contributed by atoms with Crippen molar-refractivity contribution in [2.45, 2.75) is 0 Å². The average molecular weight is 317 g/mol. The lowest BCUT2D eigenvalue weighted by Gasteiger charge is -2.05. The van der Waals surface area contributed by atoms with Crippen molar-refractivity contribution in [1.29, 1.82) is 0 Å². The third kappa shape index (κ3) is 2.58. The Morgan fingerprint density at radius 1 is 1.00 bits per heavy atom. The zero-order valence-corrected chi connectivity index (χ0v) is 12.4. The minimum absolute atomic E-state index is 0.0808. The molecule has 3 aromatic rings. The fraction of sp³-hybridized carbons (Fsp3) is 0.0625. The van der Waals surface area contributed by atoms with E-state index in [1.165, 1.54) is 6.07 Å². The van der Waals surface area contributed by atoms with Gasteiger partial charge >= 0.3 is 0 Å². The summed E-state index contributed by atoms with van der Waals surface area (Å²) in [5.41, 5.74) is 2.19. The number of aromatic hydroxyl groups is 2. The second-order valence-electron chi connectivity index (χ2n) is 4.71. The Kier molecular flexibility index (Phi) is 3.65. The van der Waals surface area contributed by atoms with Gasteiger partial charge in [0.1, 0.15) is 17.2 Å². The Balaban J connectivity index is 2.06. The highest BCUT2D eigenvalue weighted by Gasteiger charge is 2.13. The Morgan fingerprint density at radius 3 is 2.50 bits per heavy atom. The number of nitrogens with zero attached hydrogens (tertiary/aromatic N) is 1. The van der Waals surface area contributed by atoms with Crippen LogP contribution in [0.15, 0.2) is 42.5 Å². The second kappa shape index (κ2) is 5.61. The van der Waals surface area contributed by atoms with Crippen LogP contribution in [0.3, 0.4) is 0 Å². The van der Waals surface area contributed by atoms with Crippen LogP contribution in [0.4, 0.5) is 0 Å². The lowest BCUT2D eigenvalue weighted by atomic mass is 10.1. The molecule has 3 N–H and O–H groups in total. The van der Waals surface area contributed by atoms with Gasteiger partial charge in [0.05, 0.1) is 18.5 Å². The normalized spacial score (nSPS) is 10.6. The predicted octanol–water partition coefficient (Wildman–Crippen LogP) is 3.82. The zero-order valence-electron chi connectivity index (χ0n) is 11.7. The van der Waals surface area contributed by atoms with Crippen LogP contribution in [0.2, 0.25) is 5.02 Å². The van der Waals surface area contributed by atoms with Gasteiger partial charge in [0.2, 0.25) is 0 Å². The molecule has 0 atom stereocenters. The first kappa shape index (κ1) is 14.3. The van der Waals surface area contributed by atoms with Gasteiger partial charge in [0.25, 0.3) is 0 Å². The van der Waals surface area contributed by atoms with E-state index >= 15 is 0 Å². The molecule has 0 aliphatic carbocycles. The van der Waals surface area contributed by atoms with Crippen molar-refractivity contribution in [2.24, 2.45) is 0 Å². The third-order valence-electron chi connectivity index (χ3n) is 3.31. The summed E-state index contributed by atoms with van der Waals surface area (Å²) < 4.78 is 5.15. The van der Waals surface area contributed by atoms with Crippen molar-refractivity contribution in [3.05, 3.63) is 47.5 Å². The summed E-state index contributed by atoms with van der Waals surface area (Å²) in [6.45, 7) is 0. The maximum absolute atomic E-state index is 9.99. The summed E-state index contributed by atoms with van der Waals surface area (Å²) >= 11 is 5.95. The molecule has 6 heteroatoms. The van der Waals surface area contributed by atoms with Gasteiger partial charge in [-0.2, -0.15) is 5.10 Å². The molecule has 1 aromatic heterocycles. The SMILES string of the molecule is COc1ccc(O)c(-c2cc(-c3cc(Cl)ccc3O)n[nH]2)c1. The number of aromatic nitrogens is 2. The van der Waals surface area contributed by atoms with Gasteiger partial charge in [-0.1, -0.05) is 11.6 Å². The minimum Gasteiger partial charge on any atom is -0.507 e. The number of aromatic amines is 1. The third-order valence-corrected chi connectivity index (χ3v) is 3.54. The Labute approximate surface area is 131 Å². The van der Waals surface area contributed by atoms with Crippen LogP contribution in [0, 0.1) is 0 Å². The molecule has 0 aliphatic heterocycles. The van der Waals surface area contributed by atoms with E-state index in [4.69, 9.17) is 16.3 Å². The number of H-pyrrole nitrogens is 1. The molecule has 0 saturated heterocycles. The lowest BCUT2D eigenvalue weighted by molar-refractivity contribution is 0.412. The van der Waals surface area contributed by atoms with Crippen molar-refractivity contribution in [3.63, 3.8) is 0 Å². The Hall–Kier alpha value is -2.66. The van der Waals surface area contributed by atoms with Crippen LogP contribution in [-0.4, -0.2) is 27.5 Å². The minimum atomic E-state index is 0.0808. The molecule has 0 bridgehead atoms. The number of rotatable bonds is 3. The van der Waals surface area contributed by atoms with E-state index in [0.29, 0.717) is 33.3 Å². The van der Waals surface area contributed by atoms with Crippen molar-refractivity contribution >= 4 is 11.6 Å². The molecule has 0 saturated carbocycles. The van der Waals surface area contributed by atoms with E-state index in [2.05, 4.69) is 10.2 Å². The summed E-state index contributed by atoms with van der Waals surface area (Å²) in [5.74, 6) is 0.804. The number of methoxy groups -OCH3 is 1. The number of halogens is 1. The van der Waals surface area contributed by atoms with E-state index in [9.17, 15) is 10.2 Å². The van der Waals surface area contributed by atoms with Crippen molar-refractivity contribution in [1.82, 2.24) is 10.2 Å². The van der Waals surface area contributed by atoms with E-state index < -0.39 is 0 Å². The average Bonchev–Trinajstić information content (AvgIpc) is 2.99. The topological polar surface area (TPSA) is 78.4 Å². The summed E-state index contributed by atoms with van der Waals surface area (Å²) in [6.07, 6.45) is 0. The fourth-order valence-corrected chi connectivity index (χ4v) is 2.34. The number of phenols is 2. The second-order valence-corrected chi connectivity index (χ2v) is 5.15. The number of nitrogens with one attached hydrogen (secondary N) is 1. The highest BCUT2D eigenvalue weighted by molar-refractivity contribution is 6.30. The summed E-state index contributed by atoms with van der Waals surface area (Å²) in [6, 6.07) is 11.4. The molecule has 112 valence electrons. The van der Waals surface area contributed by atoms with Crippen LogP contribution < -0.4 is 4.74 Å². The lowest BCUT2D eigenvalue weighted by Crippen LogP contribution is -1.85. The molecule has 1 heterocycles. The monoisotopic (exact) mass is 316 g/mol. The van der Waals surface area contributed by atoms with Crippen molar-refractivity contribution < 1.29 is 14.9 Å². The van der Waals surface area contributed by atoms with Crippen LogP contribution in [0.1, 0.15) is 0 Å². The van der Waals surface area contributed by atoms with Gasteiger partial charge in [0.15, 0.2) is 0 Å². The quantitative estimate of drug-likeness (QED) is 0.686. The highest BCUT2D eigenvalue weighted by atomic mass is 35.5. The van der Waals surface area contributed by atoms with Gasteiger partial charge < -0.3 is 14.9 Å². The number of hydrogen-bond donors (Lipinski definition) is 3. The molecular weight excluding hydrogens is 304 g/mol. The summed E-state index contributed by atoms with van der Waals surface area (Å²) in [7, 11) is 1.55. The molecule has 2 aromatic carbocycles. The molecule has 0 amide bonds. The van der Waals surface area contributed by atoms with Crippen molar-refractivity contribution in [3.8, 4) is 39.8 Å². The fourth-order valence-electron chi connectivity index (χ4n) is 2.17. The van der Waals surface area contributed by atoms with Crippen LogP contribution in [-0.2, 0) is 0 Å². The Bertz CT molecular complexity index is 830. The molecule has 0 aliphatic rings. The van der Waals surface area contributed by atoms with Gasteiger partial charge in [-0.05, 0) is 42.5 Å². The van der Waals surface area contributed by atoms with E-state index in [-0.39, 0.29) is 11.5 Å². The van der Waals surface area contributed by atoms with E-state index in [1.54, 1.807) is 43.5 Å². The van der Waals surface area contributed by atoms with Gasteiger partial charge in [-0.25, -0.2) is 0 Å². The number of hydrogen-bond acceptors (Lipinski definition) is 4. The first-order chi connectivity index (χ1) is 10.6. The van der Waals surface area contributed by atoms with E-state index in [0.717, 1.165) is 0 Å². The summed E-state index contributed by atoms with van der Waals surface area (Å²) in [5, 5.41) is 27.4. The first-order valence-corrected chi connectivity index (χ1v) is 6.88. The Morgan fingerprint density at radius 2 is 1.73 bits per heavy atom. The van der Waals surface area contributed by atoms with Gasteiger partial charge in [-0.3, -0.25) is 5.10 Å². The molecule has 0 spiro atoms. The molecule has 0 radical (unpaired) electrons. The largest absolute Gasteiger partial charge is 0.507 e. The van der Waals surface area contributed by atoms with Crippen LogP contribution >= 0.6 is 11.6 Å². The first-order valence-electron chi connectivity index (χ1n) is 6.50. The number of ether oxygens (including phenoxy) is 1. The maximum Gasteiger partial charge on any atom is 0.125 e. The molecule has 5 nitrogen and oxygen atoms in total. The molecule has 0 unspecified atom stereocenters. The molecular formula is C16H13ClN2O3. The van der Waals surface area contributed by atoms with Crippen LogP contribution in [0.25, 0.3) is 22.5 Å². The predicted molar refractivity (Wildman–Crippen MR) is 84.4 cm³/mol. The molecule has 22 heavy (non-hydrogen) atoms. The molecule has 3 rings (SSSR count). The number of benzene rings is 2. The highest BCUT2D eigenvalue weighted by Crippen LogP contribution is 2.35. The number of phenolic OH excluding ortho intramolecular Hbond substituents is 2. The maximum atomic E-state index is 9.99. The van der Waals surface area contributed by atoms with E-state index in [1.807, 2.05) is 0 Å². The smallest absolute Gasteiger partial charge is 0.125 e. The standard InChI is InChI=1S/C16H13ClN2O3/c1-22-10-3-5-16(21)12(7-10)14-8-13(18-19-14)11-6-9(17)2-4-15(11)20/h2-8,20-21H,1H3,(H,18,19).